The number of benzene rings is 1. The largest absolute Gasteiger partial charge is 0.379 e. The van der Waals surface area contributed by atoms with Crippen molar-refractivity contribution in [2.75, 3.05) is 24.3 Å². The Morgan fingerprint density at radius 3 is 2.81 bits per heavy atom. The summed E-state index contributed by atoms with van der Waals surface area (Å²) in [7, 11) is 4.10. The van der Waals surface area contributed by atoms with Crippen LogP contribution < -0.4 is 10.2 Å². The number of thiophene rings is 1. The lowest BCUT2D eigenvalue weighted by atomic mass is 10.2. The molecule has 0 bridgehead atoms. The molecule has 0 amide bonds. The zero-order valence-electron chi connectivity index (χ0n) is 12.1. The van der Waals surface area contributed by atoms with Gasteiger partial charge in [0.15, 0.2) is 0 Å². The Hall–Kier alpha value is -2.27. The number of para-hydroxylation sites is 2. The van der Waals surface area contributed by atoms with E-state index in [2.05, 4.69) is 70.2 Å². The summed E-state index contributed by atoms with van der Waals surface area (Å²) in [6.07, 6.45) is 1.89. The first-order valence-corrected chi connectivity index (χ1v) is 7.70. The molecule has 4 nitrogen and oxygen atoms in total. The van der Waals surface area contributed by atoms with E-state index in [0.29, 0.717) is 0 Å². The highest BCUT2D eigenvalue weighted by Gasteiger charge is 2.09. The van der Waals surface area contributed by atoms with Crippen molar-refractivity contribution in [2.45, 2.75) is 6.54 Å². The highest BCUT2D eigenvalue weighted by Crippen LogP contribution is 2.28. The van der Waals surface area contributed by atoms with E-state index in [9.17, 15) is 0 Å². The normalized spacial score (nSPS) is 10.6. The summed E-state index contributed by atoms with van der Waals surface area (Å²) in [5.41, 5.74) is 4.57. The smallest absolute Gasteiger partial charge is 0.0799 e. The minimum atomic E-state index is 0.745. The quantitative estimate of drug-likeness (QED) is 0.752. The van der Waals surface area contributed by atoms with Crippen LogP contribution in [0.15, 0.2) is 48.0 Å². The van der Waals surface area contributed by atoms with Crippen LogP contribution in [0.4, 0.5) is 11.4 Å². The fourth-order valence-electron chi connectivity index (χ4n) is 2.28. The standard InChI is InChI=1S/C16H18N4S/c1-20(2)14-7-4-3-6-13(14)17-10-12-11-18-19-16(12)15-8-5-9-21-15/h3-9,11,17H,10H2,1-2H3,(H,18,19). The zero-order chi connectivity index (χ0) is 14.7. The van der Waals surface area contributed by atoms with Crippen molar-refractivity contribution < 1.29 is 0 Å². The SMILES string of the molecule is CN(C)c1ccccc1NCc1cn[nH]c1-c1cccs1. The molecule has 21 heavy (non-hydrogen) atoms. The van der Waals surface area contributed by atoms with Gasteiger partial charge in [-0.3, -0.25) is 5.10 Å². The number of rotatable bonds is 5. The third kappa shape index (κ3) is 2.92. The van der Waals surface area contributed by atoms with Gasteiger partial charge < -0.3 is 10.2 Å². The summed E-state index contributed by atoms with van der Waals surface area (Å²) in [5.74, 6) is 0. The van der Waals surface area contributed by atoms with Gasteiger partial charge in [-0.25, -0.2) is 0 Å². The molecule has 2 aromatic heterocycles. The fraction of sp³-hybridized carbons (Fsp3) is 0.188. The third-order valence-corrected chi connectivity index (χ3v) is 4.23. The van der Waals surface area contributed by atoms with Crippen molar-refractivity contribution in [1.82, 2.24) is 10.2 Å². The predicted molar refractivity (Wildman–Crippen MR) is 90.0 cm³/mol. The van der Waals surface area contributed by atoms with Crippen molar-refractivity contribution in [3.8, 4) is 10.6 Å². The van der Waals surface area contributed by atoms with Crippen LogP contribution in [0.1, 0.15) is 5.56 Å². The first-order chi connectivity index (χ1) is 10.3. The molecule has 2 N–H and O–H groups in total. The number of nitrogens with one attached hydrogen (secondary N) is 2. The molecule has 0 saturated heterocycles. The molecule has 0 aliphatic heterocycles. The molecule has 1 aromatic carbocycles. The maximum absolute atomic E-state index is 4.18. The van der Waals surface area contributed by atoms with Gasteiger partial charge in [-0.1, -0.05) is 18.2 Å². The van der Waals surface area contributed by atoms with E-state index in [-0.39, 0.29) is 0 Å². The highest BCUT2D eigenvalue weighted by atomic mass is 32.1. The number of nitrogens with zero attached hydrogens (tertiary/aromatic N) is 2. The molecule has 0 atom stereocenters. The summed E-state index contributed by atoms with van der Waals surface area (Å²) in [6.45, 7) is 0.745. The average Bonchev–Trinajstić information content (AvgIpc) is 3.16. The number of hydrogen-bond donors (Lipinski definition) is 2. The molecule has 0 fully saturated rings. The Balaban J connectivity index is 1.79. The van der Waals surface area contributed by atoms with Gasteiger partial charge in [-0.15, -0.1) is 11.3 Å². The van der Waals surface area contributed by atoms with Gasteiger partial charge >= 0.3 is 0 Å². The highest BCUT2D eigenvalue weighted by molar-refractivity contribution is 7.13. The van der Waals surface area contributed by atoms with Crippen LogP contribution in [0.25, 0.3) is 10.6 Å². The van der Waals surface area contributed by atoms with E-state index < -0.39 is 0 Å². The lowest BCUT2D eigenvalue weighted by Crippen LogP contribution is -2.12. The average molecular weight is 298 g/mol. The molecule has 0 spiro atoms. The van der Waals surface area contributed by atoms with Crippen LogP contribution in [-0.2, 0) is 6.54 Å². The van der Waals surface area contributed by atoms with Crippen LogP contribution >= 0.6 is 11.3 Å². The van der Waals surface area contributed by atoms with E-state index in [4.69, 9.17) is 0 Å². The second-order valence-electron chi connectivity index (χ2n) is 5.01. The van der Waals surface area contributed by atoms with Crippen molar-refractivity contribution in [1.29, 1.82) is 0 Å². The molecular formula is C16H18N4S. The van der Waals surface area contributed by atoms with Crippen molar-refractivity contribution in [3.63, 3.8) is 0 Å². The Kier molecular flexibility index (Phi) is 3.92. The summed E-state index contributed by atoms with van der Waals surface area (Å²) >= 11 is 1.72. The van der Waals surface area contributed by atoms with E-state index in [1.807, 2.05) is 12.3 Å². The minimum absolute atomic E-state index is 0.745. The molecule has 0 aliphatic rings. The number of aromatic amines is 1. The molecule has 0 unspecified atom stereocenters. The third-order valence-electron chi connectivity index (χ3n) is 3.34. The first kappa shape index (κ1) is 13.7. The summed E-state index contributed by atoms with van der Waals surface area (Å²) in [4.78, 5) is 3.32. The molecule has 3 aromatic rings. The van der Waals surface area contributed by atoms with Crippen LogP contribution in [-0.4, -0.2) is 24.3 Å². The number of H-pyrrole nitrogens is 1. The van der Waals surface area contributed by atoms with Gasteiger partial charge in [0, 0.05) is 26.2 Å². The van der Waals surface area contributed by atoms with Gasteiger partial charge in [0.2, 0.25) is 0 Å². The topological polar surface area (TPSA) is 44.0 Å². The van der Waals surface area contributed by atoms with Crippen LogP contribution in [0.2, 0.25) is 0 Å². The summed E-state index contributed by atoms with van der Waals surface area (Å²) in [5, 5.41) is 12.9. The molecular weight excluding hydrogens is 280 g/mol. The number of hydrogen-bond acceptors (Lipinski definition) is 4. The van der Waals surface area contributed by atoms with E-state index in [1.54, 1.807) is 11.3 Å². The minimum Gasteiger partial charge on any atom is -0.379 e. The fourth-order valence-corrected chi connectivity index (χ4v) is 3.04. The monoisotopic (exact) mass is 298 g/mol. The maximum Gasteiger partial charge on any atom is 0.0799 e. The van der Waals surface area contributed by atoms with Crippen LogP contribution in [0.5, 0.6) is 0 Å². The lowest BCUT2D eigenvalue weighted by Gasteiger charge is -2.18. The molecule has 0 saturated carbocycles. The molecule has 108 valence electrons. The summed E-state index contributed by atoms with van der Waals surface area (Å²) in [6, 6.07) is 12.5. The van der Waals surface area contributed by atoms with Crippen molar-refractivity contribution >= 4 is 22.7 Å². The van der Waals surface area contributed by atoms with Crippen molar-refractivity contribution in [3.05, 3.63) is 53.5 Å². The van der Waals surface area contributed by atoms with Gasteiger partial charge in [-0.05, 0) is 23.6 Å². The molecule has 5 heteroatoms. The van der Waals surface area contributed by atoms with Crippen LogP contribution in [0, 0.1) is 0 Å². The Labute approximate surface area is 128 Å². The van der Waals surface area contributed by atoms with Gasteiger partial charge in [0.1, 0.15) is 0 Å². The van der Waals surface area contributed by atoms with E-state index >= 15 is 0 Å². The Bertz CT molecular complexity index is 701. The second kappa shape index (κ2) is 6.01. The molecule has 0 radical (unpaired) electrons. The van der Waals surface area contributed by atoms with Gasteiger partial charge in [0.05, 0.1) is 28.1 Å². The molecule has 3 rings (SSSR count). The van der Waals surface area contributed by atoms with Gasteiger partial charge in [-0.2, -0.15) is 5.10 Å². The van der Waals surface area contributed by atoms with Crippen molar-refractivity contribution in [2.24, 2.45) is 0 Å². The Morgan fingerprint density at radius 2 is 2.05 bits per heavy atom. The summed E-state index contributed by atoms with van der Waals surface area (Å²) < 4.78 is 0. The molecule has 2 heterocycles. The lowest BCUT2D eigenvalue weighted by molar-refractivity contribution is 1.10. The first-order valence-electron chi connectivity index (χ1n) is 6.82. The number of aromatic nitrogens is 2. The maximum atomic E-state index is 4.18. The number of anilines is 2. The Morgan fingerprint density at radius 1 is 1.19 bits per heavy atom. The molecule has 0 aliphatic carbocycles. The van der Waals surface area contributed by atoms with E-state index in [0.717, 1.165) is 17.9 Å². The van der Waals surface area contributed by atoms with Gasteiger partial charge in [0.25, 0.3) is 0 Å². The zero-order valence-corrected chi connectivity index (χ0v) is 12.9. The van der Waals surface area contributed by atoms with Crippen LogP contribution in [0.3, 0.4) is 0 Å². The van der Waals surface area contributed by atoms with E-state index in [1.165, 1.54) is 16.1 Å². The predicted octanol–water partition coefficient (Wildman–Crippen LogP) is 3.82. The second-order valence-corrected chi connectivity index (χ2v) is 5.96.